The Morgan fingerprint density at radius 3 is 2.00 bits per heavy atom. The van der Waals surface area contributed by atoms with Crippen molar-refractivity contribution in [3.63, 3.8) is 0 Å². The standard InChI is InChI=1S/C25H27F3N2O5/c1-14(2)20(11-22(31)32)29-23(33)21(12-25(26,27)28)30-24(34)35-13-19-17-9-5-3-7-15(17)16-8-4-6-10-18(16)19/h3-10,14,19-21H,11-13H2,1-2H3,(H,29,33)(H,30,34)(H,31,32)/t20-,21?/m1/s1. The number of alkyl halides is 3. The second-order valence-electron chi connectivity index (χ2n) is 8.80. The molecular weight excluding hydrogens is 465 g/mol. The summed E-state index contributed by atoms with van der Waals surface area (Å²) in [6, 6.07) is 12.3. The lowest BCUT2D eigenvalue weighted by molar-refractivity contribution is -0.150. The maximum atomic E-state index is 13.1. The van der Waals surface area contributed by atoms with E-state index in [1.807, 2.05) is 53.8 Å². The highest BCUT2D eigenvalue weighted by molar-refractivity contribution is 5.86. The van der Waals surface area contributed by atoms with E-state index in [0.29, 0.717) is 0 Å². The first-order valence-electron chi connectivity index (χ1n) is 11.2. The van der Waals surface area contributed by atoms with Crippen LogP contribution in [0.25, 0.3) is 11.1 Å². The number of ether oxygens (including phenoxy) is 1. The first-order chi connectivity index (χ1) is 16.5. The highest BCUT2D eigenvalue weighted by Crippen LogP contribution is 2.44. The molecule has 1 unspecified atom stereocenters. The van der Waals surface area contributed by atoms with Gasteiger partial charge in [0.15, 0.2) is 0 Å². The normalized spacial score (nSPS) is 14.6. The van der Waals surface area contributed by atoms with Crippen LogP contribution in [0, 0.1) is 5.92 Å². The zero-order valence-electron chi connectivity index (χ0n) is 19.3. The summed E-state index contributed by atoms with van der Waals surface area (Å²) in [4.78, 5) is 36.1. The molecule has 0 spiro atoms. The average Bonchev–Trinajstić information content (AvgIpc) is 3.09. The van der Waals surface area contributed by atoms with Crippen LogP contribution in [-0.4, -0.2) is 47.9 Å². The Kier molecular flexibility index (Phi) is 8.03. The number of carbonyl (C=O) groups is 3. The third kappa shape index (κ3) is 6.74. The number of fused-ring (bicyclic) bond motifs is 3. The Hall–Kier alpha value is -3.56. The number of rotatable bonds is 9. The molecule has 0 bridgehead atoms. The van der Waals surface area contributed by atoms with E-state index in [4.69, 9.17) is 9.84 Å². The molecule has 0 saturated carbocycles. The van der Waals surface area contributed by atoms with Crippen LogP contribution in [0.5, 0.6) is 0 Å². The average molecular weight is 492 g/mol. The van der Waals surface area contributed by atoms with Crippen LogP contribution in [0.15, 0.2) is 48.5 Å². The SMILES string of the molecule is CC(C)[C@@H](CC(=O)O)NC(=O)C(CC(F)(F)F)NC(=O)OCC1c2ccccc2-c2ccccc21. The van der Waals surface area contributed by atoms with Crippen molar-refractivity contribution < 1.29 is 37.4 Å². The van der Waals surface area contributed by atoms with Crippen molar-refractivity contribution in [1.29, 1.82) is 0 Å². The summed E-state index contributed by atoms with van der Waals surface area (Å²) in [7, 11) is 0. The van der Waals surface area contributed by atoms with E-state index < -0.39 is 49.1 Å². The first-order valence-corrected chi connectivity index (χ1v) is 11.2. The van der Waals surface area contributed by atoms with Crippen molar-refractivity contribution in [1.82, 2.24) is 10.6 Å². The minimum atomic E-state index is -4.75. The number of halogens is 3. The van der Waals surface area contributed by atoms with Gasteiger partial charge in [-0.05, 0) is 28.2 Å². The number of aliphatic carboxylic acids is 1. The van der Waals surface area contributed by atoms with Gasteiger partial charge in [-0.3, -0.25) is 9.59 Å². The summed E-state index contributed by atoms with van der Waals surface area (Å²) < 4.78 is 44.6. The van der Waals surface area contributed by atoms with E-state index >= 15 is 0 Å². The van der Waals surface area contributed by atoms with Crippen molar-refractivity contribution in [3.8, 4) is 11.1 Å². The first kappa shape index (κ1) is 26.1. The fraction of sp³-hybridized carbons (Fsp3) is 0.400. The van der Waals surface area contributed by atoms with Gasteiger partial charge in [-0.2, -0.15) is 13.2 Å². The van der Waals surface area contributed by atoms with Gasteiger partial charge < -0.3 is 20.5 Å². The molecule has 3 rings (SSSR count). The van der Waals surface area contributed by atoms with Gasteiger partial charge in [0, 0.05) is 12.0 Å². The van der Waals surface area contributed by atoms with Crippen LogP contribution in [0.2, 0.25) is 0 Å². The van der Waals surface area contributed by atoms with Crippen LogP contribution < -0.4 is 10.6 Å². The predicted molar refractivity (Wildman–Crippen MR) is 122 cm³/mol. The summed E-state index contributed by atoms with van der Waals surface area (Å²) in [6.45, 7) is 3.13. The van der Waals surface area contributed by atoms with Gasteiger partial charge in [0.1, 0.15) is 12.6 Å². The van der Waals surface area contributed by atoms with Crippen molar-refractivity contribution in [3.05, 3.63) is 59.7 Å². The van der Waals surface area contributed by atoms with Gasteiger partial charge in [0.25, 0.3) is 0 Å². The second kappa shape index (κ2) is 10.8. The van der Waals surface area contributed by atoms with E-state index in [1.54, 1.807) is 13.8 Å². The smallest absolute Gasteiger partial charge is 0.407 e. The van der Waals surface area contributed by atoms with Gasteiger partial charge in [-0.25, -0.2) is 4.79 Å². The Labute approximate surface area is 200 Å². The number of benzene rings is 2. The van der Waals surface area contributed by atoms with Gasteiger partial charge in [0.2, 0.25) is 5.91 Å². The Morgan fingerprint density at radius 2 is 1.51 bits per heavy atom. The number of hydrogen-bond acceptors (Lipinski definition) is 4. The molecule has 0 fully saturated rings. The van der Waals surface area contributed by atoms with E-state index in [2.05, 4.69) is 5.32 Å². The Bertz CT molecular complexity index is 1040. The molecule has 0 saturated heterocycles. The number of hydrogen-bond donors (Lipinski definition) is 3. The minimum absolute atomic E-state index is 0.131. The molecule has 35 heavy (non-hydrogen) atoms. The third-order valence-corrected chi connectivity index (χ3v) is 5.91. The lowest BCUT2D eigenvalue weighted by Gasteiger charge is -2.25. The zero-order chi connectivity index (χ0) is 25.8. The highest BCUT2D eigenvalue weighted by Gasteiger charge is 2.38. The fourth-order valence-electron chi connectivity index (χ4n) is 4.15. The number of alkyl carbamates (subject to hydrolysis) is 1. The van der Waals surface area contributed by atoms with Gasteiger partial charge in [0.05, 0.1) is 12.8 Å². The highest BCUT2D eigenvalue weighted by atomic mass is 19.4. The van der Waals surface area contributed by atoms with Gasteiger partial charge in [-0.1, -0.05) is 62.4 Å². The maximum Gasteiger partial charge on any atom is 0.407 e. The summed E-state index contributed by atoms with van der Waals surface area (Å²) in [5, 5.41) is 13.3. The maximum absolute atomic E-state index is 13.1. The molecule has 188 valence electrons. The quantitative estimate of drug-likeness (QED) is 0.479. The van der Waals surface area contributed by atoms with Crippen LogP contribution in [0.1, 0.15) is 43.7 Å². The van der Waals surface area contributed by atoms with E-state index in [-0.39, 0.29) is 18.4 Å². The summed E-state index contributed by atoms with van der Waals surface area (Å²) in [5.74, 6) is -2.99. The lowest BCUT2D eigenvalue weighted by atomic mass is 9.98. The molecule has 10 heteroatoms. The second-order valence-corrected chi connectivity index (χ2v) is 8.80. The van der Waals surface area contributed by atoms with Gasteiger partial charge >= 0.3 is 18.2 Å². The Morgan fingerprint density at radius 1 is 0.971 bits per heavy atom. The van der Waals surface area contributed by atoms with E-state index in [1.165, 1.54) is 0 Å². The largest absolute Gasteiger partial charge is 0.481 e. The summed E-state index contributed by atoms with van der Waals surface area (Å²) >= 11 is 0. The van der Waals surface area contributed by atoms with Crippen LogP contribution in [-0.2, 0) is 14.3 Å². The van der Waals surface area contributed by atoms with Crippen molar-refractivity contribution in [2.75, 3.05) is 6.61 Å². The minimum Gasteiger partial charge on any atom is -0.481 e. The molecule has 1 aliphatic rings. The number of nitrogens with one attached hydrogen (secondary N) is 2. The van der Waals surface area contributed by atoms with Crippen LogP contribution in [0.4, 0.5) is 18.0 Å². The molecule has 2 aromatic carbocycles. The third-order valence-electron chi connectivity index (χ3n) is 5.91. The zero-order valence-corrected chi connectivity index (χ0v) is 19.3. The number of carboxylic acid groups (broad SMARTS) is 1. The van der Waals surface area contributed by atoms with Crippen molar-refractivity contribution in [2.24, 2.45) is 5.92 Å². The molecule has 0 aromatic heterocycles. The molecule has 2 aromatic rings. The number of carboxylic acids is 1. The molecule has 2 amide bonds. The molecule has 3 N–H and O–H groups in total. The molecule has 2 atom stereocenters. The molecule has 0 radical (unpaired) electrons. The molecule has 0 heterocycles. The van der Waals surface area contributed by atoms with Crippen LogP contribution in [0.3, 0.4) is 0 Å². The monoisotopic (exact) mass is 492 g/mol. The topological polar surface area (TPSA) is 105 Å². The lowest BCUT2D eigenvalue weighted by Crippen LogP contribution is -2.52. The Balaban J connectivity index is 1.69. The predicted octanol–water partition coefficient (Wildman–Crippen LogP) is 4.46. The van der Waals surface area contributed by atoms with Gasteiger partial charge in [-0.15, -0.1) is 0 Å². The van der Waals surface area contributed by atoms with E-state index in [0.717, 1.165) is 22.3 Å². The van der Waals surface area contributed by atoms with E-state index in [9.17, 15) is 27.6 Å². The fourth-order valence-corrected chi connectivity index (χ4v) is 4.15. The molecule has 1 aliphatic carbocycles. The number of carbonyl (C=O) groups excluding carboxylic acids is 2. The van der Waals surface area contributed by atoms with Crippen molar-refractivity contribution in [2.45, 2.75) is 50.9 Å². The molecule has 0 aliphatic heterocycles. The number of amides is 2. The molecular formula is C25H27F3N2O5. The van der Waals surface area contributed by atoms with Crippen LogP contribution >= 0.6 is 0 Å². The summed E-state index contributed by atoms with van der Waals surface area (Å²) in [5.41, 5.74) is 3.84. The summed E-state index contributed by atoms with van der Waals surface area (Å²) in [6.07, 6.45) is -8.01. The molecule has 7 nitrogen and oxygen atoms in total. The van der Waals surface area contributed by atoms with Crippen molar-refractivity contribution >= 4 is 18.0 Å².